The van der Waals surface area contributed by atoms with Crippen LogP contribution in [0.1, 0.15) is 39.9 Å². The molecule has 5 rings (SSSR count). The average molecular weight is 436 g/mol. The second-order valence-corrected chi connectivity index (χ2v) is 8.34. The molecule has 0 spiro atoms. The van der Waals surface area contributed by atoms with E-state index < -0.39 is 0 Å². The molecule has 1 fully saturated rings. The summed E-state index contributed by atoms with van der Waals surface area (Å²) in [5.41, 5.74) is 2.17. The highest BCUT2D eigenvalue weighted by molar-refractivity contribution is 7.15. The van der Waals surface area contributed by atoms with Crippen LogP contribution in [0.2, 0.25) is 0 Å². The first kappa shape index (κ1) is 19.7. The van der Waals surface area contributed by atoms with Gasteiger partial charge in [-0.25, -0.2) is 0 Å². The lowest BCUT2D eigenvalue weighted by Gasteiger charge is -2.29. The van der Waals surface area contributed by atoms with Gasteiger partial charge in [0.25, 0.3) is 11.8 Å². The number of aromatic nitrogens is 2. The minimum Gasteiger partial charge on any atom is -0.482 e. The molecule has 158 valence electrons. The first-order valence-electron chi connectivity index (χ1n) is 10.0. The maximum absolute atomic E-state index is 12.6. The lowest BCUT2D eigenvalue weighted by molar-refractivity contribution is -0.121. The van der Waals surface area contributed by atoms with Gasteiger partial charge in [-0.3, -0.25) is 14.9 Å². The van der Waals surface area contributed by atoms with Crippen LogP contribution in [0.15, 0.2) is 48.5 Å². The summed E-state index contributed by atoms with van der Waals surface area (Å²) in [4.78, 5) is 26.6. The summed E-state index contributed by atoms with van der Waals surface area (Å²) in [6, 6.07) is 14.6. The summed E-state index contributed by atoms with van der Waals surface area (Å²) in [6.45, 7) is 1.16. The van der Waals surface area contributed by atoms with Crippen LogP contribution in [0.25, 0.3) is 0 Å². The van der Waals surface area contributed by atoms with Crippen molar-refractivity contribution in [3.05, 3.63) is 64.7 Å². The van der Waals surface area contributed by atoms with Gasteiger partial charge in [0.15, 0.2) is 6.61 Å². The fourth-order valence-corrected chi connectivity index (χ4v) is 4.45. The number of para-hydroxylation sites is 2. The van der Waals surface area contributed by atoms with E-state index in [1.165, 1.54) is 11.3 Å². The highest BCUT2D eigenvalue weighted by Gasteiger charge is 2.25. The Morgan fingerprint density at radius 2 is 2.00 bits per heavy atom. The van der Waals surface area contributed by atoms with E-state index in [1.807, 2.05) is 36.4 Å². The summed E-state index contributed by atoms with van der Waals surface area (Å²) in [5.74, 6) is 0.339. The fraction of sp³-hybridized carbons (Fsp3) is 0.273. The van der Waals surface area contributed by atoms with Gasteiger partial charge in [0.1, 0.15) is 16.9 Å². The van der Waals surface area contributed by atoms with E-state index in [1.54, 1.807) is 17.0 Å². The van der Waals surface area contributed by atoms with E-state index in [0.717, 1.165) is 35.7 Å². The molecule has 2 aliphatic heterocycles. The molecular formula is C22H20N4O4S. The summed E-state index contributed by atoms with van der Waals surface area (Å²) < 4.78 is 11.1. The topological polar surface area (TPSA) is 93.6 Å². The maximum atomic E-state index is 12.6. The number of carbonyl (C=O) groups excluding carboxylic acids is 2. The summed E-state index contributed by atoms with van der Waals surface area (Å²) in [7, 11) is 0. The minimum atomic E-state index is -0.255. The highest BCUT2D eigenvalue weighted by Crippen LogP contribution is 2.33. The monoisotopic (exact) mass is 436 g/mol. The summed E-state index contributed by atoms with van der Waals surface area (Å²) >= 11 is 1.34. The number of nitrogens with one attached hydrogen (secondary N) is 1. The normalized spacial score (nSPS) is 17.9. The molecule has 31 heavy (non-hydrogen) atoms. The van der Waals surface area contributed by atoms with E-state index in [4.69, 9.17) is 9.47 Å². The summed E-state index contributed by atoms with van der Waals surface area (Å²) in [6.07, 6.45) is 1.93. The van der Waals surface area contributed by atoms with Gasteiger partial charge in [-0.05, 0) is 42.7 Å². The Kier molecular flexibility index (Phi) is 5.35. The van der Waals surface area contributed by atoms with Gasteiger partial charge in [0.2, 0.25) is 5.13 Å². The number of nitrogens with zero attached hydrogens (tertiary/aromatic N) is 3. The molecule has 8 nitrogen and oxygen atoms in total. The van der Waals surface area contributed by atoms with Crippen molar-refractivity contribution >= 4 is 34.0 Å². The van der Waals surface area contributed by atoms with E-state index in [-0.39, 0.29) is 24.5 Å². The molecule has 0 radical (unpaired) electrons. The number of fused-ring (bicyclic) bond motifs is 1. The van der Waals surface area contributed by atoms with E-state index in [0.29, 0.717) is 23.0 Å². The third-order valence-corrected chi connectivity index (χ3v) is 6.16. The number of hydrogen-bond donors (Lipinski definition) is 1. The van der Waals surface area contributed by atoms with Crippen molar-refractivity contribution in [2.45, 2.75) is 25.5 Å². The largest absolute Gasteiger partial charge is 0.482 e. The van der Waals surface area contributed by atoms with Crippen molar-refractivity contribution in [2.24, 2.45) is 0 Å². The third-order valence-electron chi connectivity index (χ3n) is 5.23. The third kappa shape index (κ3) is 4.14. The molecule has 0 aliphatic carbocycles. The lowest BCUT2D eigenvalue weighted by atomic mass is 10.1. The second-order valence-electron chi connectivity index (χ2n) is 7.33. The Bertz CT molecular complexity index is 1110. The van der Waals surface area contributed by atoms with Gasteiger partial charge in [0, 0.05) is 12.2 Å². The number of amides is 2. The predicted molar refractivity (Wildman–Crippen MR) is 115 cm³/mol. The number of benzene rings is 2. The standard InChI is InChI=1S/C22H20N4O4S/c27-19-13-30-17-5-2-1-4-16(17)26(19)12-14-7-9-15(10-8-14)20(28)23-22-25-24-21(31-22)18-6-3-11-29-18/h1-2,4-5,7-10,18H,3,6,11-13H2,(H,23,25,28). The van der Waals surface area contributed by atoms with Gasteiger partial charge in [-0.2, -0.15) is 0 Å². The Morgan fingerprint density at radius 1 is 1.16 bits per heavy atom. The molecule has 3 heterocycles. The van der Waals surface area contributed by atoms with Gasteiger partial charge in [-0.15, -0.1) is 10.2 Å². The Labute approximate surface area is 182 Å². The van der Waals surface area contributed by atoms with E-state index in [9.17, 15) is 9.59 Å². The SMILES string of the molecule is O=C(Nc1nnc(C2CCCO2)s1)c1ccc(CN2C(=O)COc3ccccc32)cc1. The van der Waals surface area contributed by atoms with Gasteiger partial charge < -0.3 is 14.4 Å². The Balaban J connectivity index is 1.25. The van der Waals surface area contributed by atoms with Gasteiger partial charge in [-0.1, -0.05) is 35.6 Å². The molecule has 0 bridgehead atoms. The van der Waals surface area contributed by atoms with Crippen LogP contribution in [0.4, 0.5) is 10.8 Å². The fourth-order valence-electron chi connectivity index (χ4n) is 3.63. The molecule has 0 saturated carbocycles. The molecule has 1 atom stereocenters. The lowest BCUT2D eigenvalue weighted by Crippen LogP contribution is -2.38. The van der Waals surface area contributed by atoms with Gasteiger partial charge >= 0.3 is 0 Å². The van der Waals surface area contributed by atoms with Crippen LogP contribution in [-0.2, 0) is 16.1 Å². The van der Waals surface area contributed by atoms with Crippen LogP contribution >= 0.6 is 11.3 Å². The number of rotatable bonds is 5. The predicted octanol–water partition coefficient (Wildman–Crippen LogP) is 3.57. The van der Waals surface area contributed by atoms with Gasteiger partial charge in [0.05, 0.1) is 12.2 Å². The molecule has 2 amide bonds. The van der Waals surface area contributed by atoms with E-state index >= 15 is 0 Å². The molecule has 2 aromatic carbocycles. The smallest absolute Gasteiger partial charge is 0.265 e. The number of carbonyl (C=O) groups is 2. The van der Waals surface area contributed by atoms with Crippen LogP contribution in [0.5, 0.6) is 5.75 Å². The molecule has 1 aromatic heterocycles. The minimum absolute atomic E-state index is 0.0181. The van der Waals surface area contributed by atoms with Crippen molar-refractivity contribution in [3.8, 4) is 5.75 Å². The quantitative estimate of drug-likeness (QED) is 0.657. The molecule has 1 unspecified atom stereocenters. The van der Waals surface area contributed by atoms with Crippen molar-refractivity contribution in [3.63, 3.8) is 0 Å². The average Bonchev–Trinajstić information content (AvgIpc) is 3.48. The summed E-state index contributed by atoms with van der Waals surface area (Å²) in [5, 5.41) is 12.2. The zero-order valence-electron chi connectivity index (χ0n) is 16.6. The Morgan fingerprint density at radius 3 is 2.81 bits per heavy atom. The van der Waals surface area contributed by atoms with Crippen LogP contribution < -0.4 is 15.0 Å². The van der Waals surface area contributed by atoms with Crippen LogP contribution in [0, 0.1) is 0 Å². The van der Waals surface area contributed by atoms with Crippen molar-refractivity contribution in [1.82, 2.24) is 10.2 Å². The molecule has 1 N–H and O–H groups in total. The first-order valence-corrected chi connectivity index (χ1v) is 10.9. The van der Waals surface area contributed by atoms with Crippen molar-refractivity contribution in [2.75, 3.05) is 23.4 Å². The van der Waals surface area contributed by atoms with Crippen molar-refractivity contribution < 1.29 is 19.1 Å². The Hall–Kier alpha value is -3.30. The maximum Gasteiger partial charge on any atom is 0.265 e. The number of anilines is 2. The first-order chi connectivity index (χ1) is 15.2. The number of hydrogen-bond acceptors (Lipinski definition) is 7. The highest BCUT2D eigenvalue weighted by atomic mass is 32.1. The number of ether oxygens (including phenoxy) is 2. The van der Waals surface area contributed by atoms with E-state index in [2.05, 4.69) is 15.5 Å². The van der Waals surface area contributed by atoms with Crippen molar-refractivity contribution in [1.29, 1.82) is 0 Å². The zero-order valence-corrected chi connectivity index (χ0v) is 17.4. The van der Waals surface area contributed by atoms with Crippen LogP contribution in [-0.4, -0.2) is 35.2 Å². The molecule has 3 aromatic rings. The van der Waals surface area contributed by atoms with Crippen LogP contribution in [0.3, 0.4) is 0 Å². The molecule has 9 heteroatoms. The molecule has 2 aliphatic rings. The second kappa shape index (κ2) is 8.44. The zero-order chi connectivity index (χ0) is 21.2. The molecule has 1 saturated heterocycles. The molecular weight excluding hydrogens is 416 g/mol.